The molecule has 0 unspecified atom stereocenters. The fraction of sp³-hybridized carbons (Fsp3) is 0.105. The van der Waals surface area contributed by atoms with Crippen molar-refractivity contribution in [3.63, 3.8) is 0 Å². The van der Waals surface area contributed by atoms with Crippen molar-refractivity contribution >= 4 is 22.8 Å². The third-order valence-electron chi connectivity index (χ3n) is 3.74. The van der Waals surface area contributed by atoms with E-state index in [0.29, 0.717) is 16.5 Å². The molecule has 1 aromatic heterocycles. The number of carbonyl (C=O) groups is 2. The Morgan fingerprint density at radius 2 is 1.81 bits per heavy atom. The van der Waals surface area contributed by atoms with Crippen LogP contribution < -0.4 is 10.9 Å². The molecule has 1 amide bonds. The molecule has 0 saturated carbocycles. The van der Waals surface area contributed by atoms with Crippen molar-refractivity contribution in [2.75, 3.05) is 6.61 Å². The van der Waals surface area contributed by atoms with Crippen LogP contribution in [-0.2, 0) is 16.1 Å². The molecule has 7 heteroatoms. The van der Waals surface area contributed by atoms with Crippen LogP contribution in [0.25, 0.3) is 10.9 Å². The van der Waals surface area contributed by atoms with Crippen LogP contribution in [0.4, 0.5) is 4.39 Å². The lowest BCUT2D eigenvalue weighted by Gasteiger charge is -2.08. The first-order chi connectivity index (χ1) is 12.5. The van der Waals surface area contributed by atoms with Gasteiger partial charge in [0.25, 0.3) is 5.91 Å². The summed E-state index contributed by atoms with van der Waals surface area (Å²) in [6.07, 6.45) is 0. The molecule has 132 valence electrons. The van der Waals surface area contributed by atoms with E-state index >= 15 is 0 Å². The molecule has 6 nitrogen and oxygen atoms in total. The van der Waals surface area contributed by atoms with Gasteiger partial charge in [0.05, 0.1) is 5.56 Å². The quantitative estimate of drug-likeness (QED) is 0.687. The lowest BCUT2D eigenvalue weighted by atomic mass is 10.1. The number of nitrogens with one attached hydrogen (secondary N) is 2. The Morgan fingerprint density at radius 1 is 1.08 bits per heavy atom. The molecule has 0 spiro atoms. The van der Waals surface area contributed by atoms with E-state index in [9.17, 15) is 18.8 Å². The maximum absolute atomic E-state index is 13.5. The first-order valence-electron chi connectivity index (χ1n) is 7.84. The highest BCUT2D eigenvalue weighted by molar-refractivity contribution is 6.03. The first-order valence-corrected chi connectivity index (χ1v) is 7.84. The van der Waals surface area contributed by atoms with E-state index in [1.54, 1.807) is 42.5 Å². The van der Waals surface area contributed by atoms with Crippen molar-refractivity contribution < 1.29 is 18.7 Å². The Labute approximate surface area is 147 Å². The van der Waals surface area contributed by atoms with Crippen LogP contribution in [0.2, 0.25) is 0 Å². The molecule has 0 fully saturated rings. The van der Waals surface area contributed by atoms with Crippen LogP contribution in [0.3, 0.4) is 0 Å². The first kappa shape index (κ1) is 17.3. The van der Waals surface area contributed by atoms with Gasteiger partial charge in [-0.15, -0.1) is 0 Å². The van der Waals surface area contributed by atoms with Crippen molar-refractivity contribution in [2.45, 2.75) is 6.54 Å². The van der Waals surface area contributed by atoms with Crippen molar-refractivity contribution in [1.82, 2.24) is 10.3 Å². The summed E-state index contributed by atoms with van der Waals surface area (Å²) in [7, 11) is 0. The van der Waals surface area contributed by atoms with Crippen molar-refractivity contribution in [3.8, 4) is 0 Å². The molecule has 26 heavy (non-hydrogen) atoms. The molecule has 3 aromatic rings. The van der Waals surface area contributed by atoms with Crippen LogP contribution in [0, 0.1) is 5.82 Å². The number of hydrogen-bond donors (Lipinski definition) is 2. The molecule has 2 N–H and O–H groups in total. The number of hydrogen-bond acceptors (Lipinski definition) is 4. The van der Waals surface area contributed by atoms with E-state index in [0.717, 1.165) is 6.07 Å². The minimum Gasteiger partial charge on any atom is -0.452 e. The van der Waals surface area contributed by atoms with Crippen LogP contribution in [0.5, 0.6) is 0 Å². The number of H-pyrrole nitrogens is 1. The Balaban J connectivity index is 1.63. The predicted octanol–water partition coefficient (Wildman–Crippen LogP) is 2.14. The van der Waals surface area contributed by atoms with Gasteiger partial charge in [-0.05, 0) is 12.1 Å². The number of pyridine rings is 1. The van der Waals surface area contributed by atoms with Gasteiger partial charge in [0.15, 0.2) is 6.61 Å². The van der Waals surface area contributed by atoms with Crippen LogP contribution in [0.15, 0.2) is 59.4 Å². The summed E-state index contributed by atoms with van der Waals surface area (Å²) in [5.41, 5.74) is 0.453. The van der Waals surface area contributed by atoms with Gasteiger partial charge >= 0.3 is 5.97 Å². The summed E-state index contributed by atoms with van der Waals surface area (Å²) in [5.74, 6) is -1.79. The molecule has 0 bridgehead atoms. The number of esters is 1. The molecule has 0 atom stereocenters. The van der Waals surface area contributed by atoms with Crippen molar-refractivity contribution in [1.29, 1.82) is 0 Å². The zero-order valence-electron chi connectivity index (χ0n) is 13.6. The zero-order chi connectivity index (χ0) is 18.5. The van der Waals surface area contributed by atoms with Crippen molar-refractivity contribution in [2.24, 2.45) is 0 Å². The summed E-state index contributed by atoms with van der Waals surface area (Å²) in [5, 5.41) is 2.99. The van der Waals surface area contributed by atoms with Crippen LogP contribution in [0.1, 0.15) is 15.9 Å². The topological polar surface area (TPSA) is 88.3 Å². The number of aromatic amines is 1. The summed E-state index contributed by atoms with van der Waals surface area (Å²) in [6.45, 7) is -0.550. The number of para-hydroxylation sites is 1. The summed E-state index contributed by atoms with van der Waals surface area (Å²) < 4.78 is 18.5. The monoisotopic (exact) mass is 354 g/mol. The second-order valence-electron chi connectivity index (χ2n) is 5.54. The molecule has 3 rings (SSSR count). The maximum atomic E-state index is 13.5. The molecular weight excluding hydrogens is 339 g/mol. The summed E-state index contributed by atoms with van der Waals surface area (Å²) in [6, 6.07) is 13.9. The number of halogens is 1. The van der Waals surface area contributed by atoms with E-state index in [1.807, 2.05) is 0 Å². The molecule has 2 aromatic carbocycles. The highest BCUT2D eigenvalue weighted by Gasteiger charge is 2.15. The standard InChI is InChI=1S/C19H15FN2O4/c20-15-7-3-1-5-12(15)10-21-18(24)11-26-19(25)14-9-17(23)22-16-8-4-2-6-13(14)16/h1-9H,10-11H2,(H,21,24)(H,22,23). The smallest absolute Gasteiger partial charge is 0.339 e. The van der Waals surface area contributed by atoms with Gasteiger partial charge in [0.1, 0.15) is 5.82 Å². The molecule has 0 radical (unpaired) electrons. The fourth-order valence-electron chi connectivity index (χ4n) is 2.47. The number of carbonyl (C=O) groups excluding carboxylic acids is 2. The predicted molar refractivity (Wildman–Crippen MR) is 93.1 cm³/mol. The Bertz CT molecular complexity index is 1030. The van der Waals surface area contributed by atoms with Gasteiger partial charge in [0, 0.05) is 29.1 Å². The average Bonchev–Trinajstić information content (AvgIpc) is 2.64. The third-order valence-corrected chi connectivity index (χ3v) is 3.74. The number of fused-ring (bicyclic) bond motifs is 1. The number of benzene rings is 2. The average molecular weight is 354 g/mol. The second-order valence-corrected chi connectivity index (χ2v) is 5.54. The van der Waals surface area contributed by atoms with Gasteiger partial charge in [-0.1, -0.05) is 36.4 Å². The maximum Gasteiger partial charge on any atom is 0.339 e. The normalized spacial score (nSPS) is 10.5. The molecule has 0 saturated heterocycles. The Hall–Kier alpha value is -3.48. The van der Waals surface area contributed by atoms with Gasteiger partial charge in [-0.25, -0.2) is 9.18 Å². The number of amides is 1. The lowest BCUT2D eigenvalue weighted by molar-refractivity contribution is -0.124. The molecule has 0 aliphatic heterocycles. The SMILES string of the molecule is O=C(COC(=O)c1cc(=O)[nH]c2ccccc12)NCc1ccccc1F. The highest BCUT2D eigenvalue weighted by atomic mass is 19.1. The highest BCUT2D eigenvalue weighted by Crippen LogP contribution is 2.15. The van der Waals surface area contributed by atoms with Gasteiger partial charge in [0.2, 0.25) is 5.56 Å². The van der Waals surface area contributed by atoms with Crippen LogP contribution in [-0.4, -0.2) is 23.5 Å². The van der Waals surface area contributed by atoms with E-state index in [2.05, 4.69) is 10.3 Å². The molecule has 0 aliphatic carbocycles. The van der Waals surface area contributed by atoms with Gasteiger partial charge < -0.3 is 15.0 Å². The van der Waals surface area contributed by atoms with E-state index in [1.165, 1.54) is 6.07 Å². The molecule has 0 aliphatic rings. The number of rotatable bonds is 5. The number of aromatic nitrogens is 1. The third kappa shape index (κ3) is 3.94. The molecule has 1 heterocycles. The van der Waals surface area contributed by atoms with E-state index in [-0.39, 0.29) is 12.1 Å². The summed E-state index contributed by atoms with van der Waals surface area (Å²) in [4.78, 5) is 38.3. The van der Waals surface area contributed by atoms with Crippen LogP contribution >= 0.6 is 0 Å². The zero-order valence-corrected chi connectivity index (χ0v) is 13.6. The Kier molecular flexibility index (Phi) is 5.07. The number of ether oxygens (including phenoxy) is 1. The largest absolute Gasteiger partial charge is 0.452 e. The van der Waals surface area contributed by atoms with E-state index < -0.39 is 29.9 Å². The minimum absolute atomic E-state index is 0.0169. The molecular formula is C19H15FN2O4. The minimum atomic E-state index is -0.784. The van der Waals surface area contributed by atoms with E-state index in [4.69, 9.17) is 4.74 Å². The van der Waals surface area contributed by atoms with Gasteiger partial charge in [-0.2, -0.15) is 0 Å². The lowest BCUT2D eigenvalue weighted by Crippen LogP contribution is -2.29. The second kappa shape index (κ2) is 7.60. The fourth-order valence-corrected chi connectivity index (χ4v) is 2.47. The van der Waals surface area contributed by atoms with Crippen molar-refractivity contribution in [3.05, 3.63) is 81.9 Å². The van der Waals surface area contributed by atoms with Gasteiger partial charge in [-0.3, -0.25) is 9.59 Å². The summed E-state index contributed by atoms with van der Waals surface area (Å²) >= 11 is 0. The Morgan fingerprint density at radius 3 is 2.62 bits per heavy atom.